The van der Waals surface area contributed by atoms with E-state index in [-0.39, 0.29) is 5.91 Å². The maximum atomic E-state index is 12.7. The van der Waals surface area contributed by atoms with Crippen molar-refractivity contribution < 1.29 is 9.53 Å². The summed E-state index contributed by atoms with van der Waals surface area (Å²) in [7, 11) is 3.63. The fourth-order valence-electron chi connectivity index (χ4n) is 4.14. The predicted octanol–water partition coefficient (Wildman–Crippen LogP) is 2.94. The number of hydrogen-bond donors (Lipinski definition) is 2. The number of benzene rings is 1. The molecule has 2 aromatic rings. The number of carbonyl (C=O) groups excluding carboxylic acids is 1. The van der Waals surface area contributed by atoms with Crippen molar-refractivity contribution in [3.8, 4) is 11.3 Å². The van der Waals surface area contributed by atoms with Gasteiger partial charge in [-0.1, -0.05) is 12.1 Å². The Bertz CT molecular complexity index is 794. The van der Waals surface area contributed by atoms with Crippen LogP contribution >= 0.6 is 0 Å². The SMILES string of the molecule is COCc1ncn(C)c1-c1ccc(NC(=O)[C@@H](N)C(C2CC2)C2CC2)cc1. The number of imidazole rings is 1. The van der Waals surface area contributed by atoms with Gasteiger partial charge in [0.2, 0.25) is 5.91 Å². The molecule has 0 saturated heterocycles. The minimum absolute atomic E-state index is 0.0628. The van der Waals surface area contributed by atoms with Gasteiger partial charge in [-0.25, -0.2) is 4.98 Å². The molecule has 1 heterocycles. The molecule has 0 aliphatic heterocycles. The summed E-state index contributed by atoms with van der Waals surface area (Å²) < 4.78 is 7.21. The van der Waals surface area contributed by atoms with Crippen LogP contribution in [-0.4, -0.2) is 28.6 Å². The zero-order valence-electron chi connectivity index (χ0n) is 16.0. The molecule has 0 spiro atoms. The fourth-order valence-corrected chi connectivity index (χ4v) is 4.14. The van der Waals surface area contributed by atoms with E-state index < -0.39 is 6.04 Å². The van der Waals surface area contributed by atoms with E-state index in [0.29, 0.717) is 24.4 Å². The van der Waals surface area contributed by atoms with Crippen molar-refractivity contribution in [1.82, 2.24) is 9.55 Å². The third-order valence-corrected chi connectivity index (χ3v) is 5.77. The lowest BCUT2D eigenvalue weighted by Gasteiger charge is -2.23. The van der Waals surface area contributed by atoms with Crippen LogP contribution in [0.2, 0.25) is 0 Å². The predicted molar refractivity (Wildman–Crippen MR) is 105 cm³/mol. The Hall–Kier alpha value is -2.18. The smallest absolute Gasteiger partial charge is 0.241 e. The van der Waals surface area contributed by atoms with Crippen LogP contribution in [-0.2, 0) is 23.2 Å². The lowest BCUT2D eigenvalue weighted by atomic mass is 9.89. The third-order valence-electron chi connectivity index (χ3n) is 5.77. The van der Waals surface area contributed by atoms with Crippen molar-refractivity contribution in [2.75, 3.05) is 12.4 Å². The molecule has 0 bridgehead atoms. The molecule has 2 fully saturated rings. The van der Waals surface area contributed by atoms with Crippen molar-refractivity contribution >= 4 is 11.6 Å². The van der Waals surface area contributed by atoms with Crippen molar-refractivity contribution in [2.24, 2.45) is 30.5 Å². The van der Waals surface area contributed by atoms with Crippen LogP contribution in [0.3, 0.4) is 0 Å². The van der Waals surface area contributed by atoms with Crippen molar-refractivity contribution in [1.29, 1.82) is 0 Å². The third kappa shape index (κ3) is 3.92. The number of aromatic nitrogens is 2. The van der Waals surface area contributed by atoms with E-state index in [2.05, 4.69) is 10.3 Å². The average molecular weight is 368 g/mol. The van der Waals surface area contributed by atoms with E-state index in [0.717, 1.165) is 22.6 Å². The molecule has 0 radical (unpaired) electrons. The summed E-state index contributed by atoms with van der Waals surface area (Å²) >= 11 is 0. The number of aryl methyl sites for hydroxylation is 1. The molecule has 27 heavy (non-hydrogen) atoms. The van der Waals surface area contributed by atoms with Gasteiger partial charge in [0, 0.05) is 25.4 Å². The van der Waals surface area contributed by atoms with Gasteiger partial charge < -0.3 is 20.4 Å². The normalized spacial score (nSPS) is 17.9. The van der Waals surface area contributed by atoms with E-state index in [4.69, 9.17) is 10.5 Å². The number of nitrogens with zero attached hydrogens (tertiary/aromatic N) is 2. The molecule has 2 saturated carbocycles. The van der Waals surface area contributed by atoms with Gasteiger partial charge in [-0.3, -0.25) is 4.79 Å². The van der Waals surface area contributed by atoms with Gasteiger partial charge in [-0.15, -0.1) is 0 Å². The molecule has 1 aromatic heterocycles. The number of anilines is 1. The Morgan fingerprint density at radius 2 is 1.89 bits per heavy atom. The topological polar surface area (TPSA) is 82.2 Å². The highest BCUT2D eigenvalue weighted by atomic mass is 16.5. The number of nitrogens with one attached hydrogen (secondary N) is 1. The monoisotopic (exact) mass is 368 g/mol. The van der Waals surface area contributed by atoms with E-state index in [1.165, 1.54) is 25.7 Å². The zero-order valence-corrected chi connectivity index (χ0v) is 16.0. The van der Waals surface area contributed by atoms with E-state index in [1.807, 2.05) is 35.9 Å². The first kappa shape index (κ1) is 18.2. The van der Waals surface area contributed by atoms with E-state index >= 15 is 0 Å². The van der Waals surface area contributed by atoms with Crippen LogP contribution in [0.15, 0.2) is 30.6 Å². The van der Waals surface area contributed by atoms with Crippen LogP contribution < -0.4 is 11.1 Å². The Kier molecular flexibility index (Phi) is 5.02. The quantitative estimate of drug-likeness (QED) is 0.750. The average Bonchev–Trinajstić information content (AvgIpc) is 3.58. The van der Waals surface area contributed by atoms with Crippen LogP contribution in [0.1, 0.15) is 31.4 Å². The van der Waals surface area contributed by atoms with Crippen LogP contribution in [0.4, 0.5) is 5.69 Å². The molecule has 6 nitrogen and oxygen atoms in total. The number of hydrogen-bond acceptors (Lipinski definition) is 4. The standard InChI is InChI=1S/C21H28N4O2/c1-25-12-23-17(11-27-2)20(25)15-7-9-16(10-8-15)24-21(26)19(22)18(13-3-4-13)14-5-6-14/h7-10,12-14,18-19H,3-6,11,22H2,1-2H3,(H,24,26)/t19-/m0/s1. The van der Waals surface area contributed by atoms with Gasteiger partial charge >= 0.3 is 0 Å². The van der Waals surface area contributed by atoms with Crippen molar-refractivity contribution in [2.45, 2.75) is 38.3 Å². The van der Waals surface area contributed by atoms with Gasteiger partial charge in [0.05, 0.1) is 30.4 Å². The minimum atomic E-state index is -0.407. The highest BCUT2D eigenvalue weighted by Gasteiger charge is 2.46. The number of rotatable bonds is 8. The number of ether oxygens (including phenoxy) is 1. The van der Waals surface area contributed by atoms with E-state index in [1.54, 1.807) is 13.4 Å². The summed E-state index contributed by atoms with van der Waals surface area (Å²) in [6, 6.07) is 7.43. The minimum Gasteiger partial charge on any atom is -0.378 e. The highest BCUT2D eigenvalue weighted by molar-refractivity contribution is 5.95. The molecule has 2 aliphatic rings. The van der Waals surface area contributed by atoms with E-state index in [9.17, 15) is 4.79 Å². The second-order valence-corrected chi connectivity index (χ2v) is 7.93. The molecule has 0 unspecified atom stereocenters. The van der Waals surface area contributed by atoms with Crippen LogP contribution in [0, 0.1) is 17.8 Å². The molecule has 1 aromatic carbocycles. The first-order chi connectivity index (χ1) is 13.1. The second kappa shape index (κ2) is 7.44. The first-order valence-corrected chi connectivity index (χ1v) is 9.74. The Balaban J connectivity index is 1.45. The maximum absolute atomic E-state index is 12.7. The summed E-state index contributed by atoms with van der Waals surface area (Å²) in [6.45, 7) is 0.466. The summed E-state index contributed by atoms with van der Waals surface area (Å²) in [5.41, 5.74) is 10.1. The van der Waals surface area contributed by atoms with Crippen molar-refractivity contribution in [3.05, 3.63) is 36.3 Å². The Morgan fingerprint density at radius 1 is 1.26 bits per heavy atom. The van der Waals surface area contributed by atoms with Gasteiger partial charge in [-0.2, -0.15) is 0 Å². The molecule has 2 aliphatic carbocycles. The number of carbonyl (C=O) groups is 1. The van der Waals surface area contributed by atoms with Crippen molar-refractivity contribution in [3.63, 3.8) is 0 Å². The van der Waals surface area contributed by atoms with Gasteiger partial charge in [-0.05, 0) is 55.6 Å². The Morgan fingerprint density at radius 3 is 2.44 bits per heavy atom. The molecule has 144 valence electrons. The maximum Gasteiger partial charge on any atom is 0.241 e. The van der Waals surface area contributed by atoms with Crippen LogP contribution in [0.25, 0.3) is 11.3 Å². The lowest BCUT2D eigenvalue weighted by molar-refractivity contribution is -0.118. The molecule has 6 heteroatoms. The molecule has 4 rings (SSSR count). The summed E-state index contributed by atoms with van der Waals surface area (Å²) in [5, 5.41) is 3.00. The fraction of sp³-hybridized carbons (Fsp3) is 0.524. The largest absolute Gasteiger partial charge is 0.378 e. The highest BCUT2D eigenvalue weighted by Crippen LogP contribution is 2.50. The second-order valence-electron chi connectivity index (χ2n) is 7.93. The summed E-state index contributed by atoms with van der Waals surface area (Å²) in [6.07, 6.45) is 6.70. The lowest BCUT2D eigenvalue weighted by Crippen LogP contribution is -2.43. The summed E-state index contributed by atoms with van der Waals surface area (Å²) in [5.74, 6) is 1.61. The molecular formula is C21H28N4O2. The van der Waals surface area contributed by atoms with Gasteiger partial charge in [0.1, 0.15) is 0 Å². The molecular weight excluding hydrogens is 340 g/mol. The zero-order chi connectivity index (χ0) is 19.0. The molecule has 3 N–H and O–H groups in total. The number of nitrogens with two attached hydrogens (primary N) is 1. The number of methoxy groups -OCH3 is 1. The van der Waals surface area contributed by atoms with Crippen LogP contribution in [0.5, 0.6) is 0 Å². The first-order valence-electron chi connectivity index (χ1n) is 9.74. The Labute approximate surface area is 160 Å². The molecule has 1 atom stereocenters. The van der Waals surface area contributed by atoms with Gasteiger partial charge in [0.15, 0.2) is 0 Å². The number of amides is 1. The molecule has 1 amide bonds. The summed E-state index contributed by atoms with van der Waals surface area (Å²) in [4.78, 5) is 17.1. The van der Waals surface area contributed by atoms with Gasteiger partial charge in [0.25, 0.3) is 0 Å².